The number of ether oxygens (including phenoxy) is 3. The molecule has 2 aromatic carbocycles. The van der Waals surface area contributed by atoms with E-state index in [2.05, 4.69) is 83.9 Å². The van der Waals surface area contributed by atoms with Crippen molar-refractivity contribution >= 4 is 31.2 Å². The minimum atomic E-state index is -0.234. The zero-order chi connectivity index (χ0) is 41.0. The Bertz CT molecular complexity index is 1820. The lowest BCUT2D eigenvalue weighted by Crippen LogP contribution is -2.39. The molecule has 1 aromatic heterocycles. The summed E-state index contributed by atoms with van der Waals surface area (Å²) in [5.74, 6) is 2.78. The van der Waals surface area contributed by atoms with E-state index < -0.39 is 0 Å². The van der Waals surface area contributed by atoms with Crippen molar-refractivity contribution in [3.63, 3.8) is 0 Å². The Kier molecular flexibility index (Phi) is 19.5. The van der Waals surface area contributed by atoms with Crippen LogP contribution < -0.4 is 19.5 Å². The van der Waals surface area contributed by atoms with E-state index in [1.54, 1.807) is 36.8 Å². The van der Waals surface area contributed by atoms with Crippen LogP contribution in [0.15, 0.2) is 64.8 Å². The number of hydrogen-bond donors (Lipinski definition) is 1. The highest BCUT2D eigenvalue weighted by molar-refractivity contribution is 8.02. The molecule has 1 unspecified atom stereocenters. The maximum atomic E-state index is 13.3. The fraction of sp³-hybridized carbons (Fsp3) is 0.455. The molecule has 2 heterocycles. The molecule has 0 radical (unpaired) electrons. The first kappa shape index (κ1) is 45.6. The molecule has 0 saturated carbocycles. The molecule has 3 aromatic rings. The third kappa shape index (κ3) is 12.3. The number of carbonyl (C=O) groups excluding carboxylic acids is 2. The number of nitrogens with one attached hydrogen (secondary N) is 1. The van der Waals surface area contributed by atoms with Crippen LogP contribution in [-0.4, -0.2) is 93.6 Å². The summed E-state index contributed by atoms with van der Waals surface area (Å²) in [4.78, 5) is 29.2. The Hall–Kier alpha value is -4.83. The standard InChI is InChI=1S/C43H58N6O4S.CH2O/c1-31-32(2)47(6)29-39(31)36-25-41(51-7)40(42(26-36)52-8)30-48(21-17-45-4)19-11-9-10-12-22-53-37-14-13-34-15-20-49(33(3)38(34)27-37)43(50)35(28-44)16-23-54-24-18-46-5;1-2/h13-14,16,18,24-27,29,33,45H,5,9-12,15,17,19-23,30H2,1-4,6-8H3;1H2/b24-18-,35-16+;. The molecular weight excluding hydrogens is 725 g/mol. The lowest BCUT2D eigenvalue weighted by molar-refractivity contribution is -0.129. The summed E-state index contributed by atoms with van der Waals surface area (Å²) >= 11 is 1.46. The molecule has 4 rings (SSSR count). The van der Waals surface area contributed by atoms with Crippen LogP contribution in [0.1, 0.15) is 66.6 Å². The van der Waals surface area contributed by atoms with Gasteiger partial charge in [0.25, 0.3) is 5.91 Å². The van der Waals surface area contributed by atoms with E-state index in [4.69, 9.17) is 19.0 Å². The summed E-state index contributed by atoms with van der Waals surface area (Å²) in [6, 6.07) is 12.4. The normalized spacial score (nSPS) is 13.9. The van der Waals surface area contributed by atoms with Gasteiger partial charge in [-0.3, -0.25) is 14.7 Å². The van der Waals surface area contributed by atoms with Gasteiger partial charge in [-0.1, -0.05) is 25.0 Å². The van der Waals surface area contributed by atoms with Crippen molar-refractivity contribution in [3.05, 3.63) is 87.7 Å². The number of methoxy groups -OCH3 is 2. The number of hydrogen-bond acceptors (Lipinski definition) is 10. The van der Waals surface area contributed by atoms with Crippen LogP contribution in [0.4, 0.5) is 0 Å². The van der Waals surface area contributed by atoms with Gasteiger partial charge in [0.15, 0.2) is 0 Å². The number of aromatic nitrogens is 1. The second-order valence-electron chi connectivity index (χ2n) is 13.7. The summed E-state index contributed by atoms with van der Waals surface area (Å²) in [7, 11) is 7.54. The van der Waals surface area contributed by atoms with Gasteiger partial charge in [-0.15, -0.1) is 11.8 Å². The molecule has 11 nitrogen and oxygen atoms in total. The summed E-state index contributed by atoms with van der Waals surface area (Å²) in [5, 5.41) is 14.8. The Balaban J connectivity index is 0.00000414. The van der Waals surface area contributed by atoms with Crippen molar-refractivity contribution in [2.24, 2.45) is 12.0 Å². The first-order valence-electron chi connectivity index (χ1n) is 19.1. The number of unbranched alkanes of at least 4 members (excludes halogenated alkanes) is 3. The molecule has 0 bridgehead atoms. The van der Waals surface area contributed by atoms with E-state index in [0.717, 1.165) is 92.2 Å². The Morgan fingerprint density at radius 3 is 2.45 bits per heavy atom. The molecule has 56 heavy (non-hydrogen) atoms. The second kappa shape index (κ2) is 23.9. The van der Waals surface area contributed by atoms with Crippen LogP contribution in [0.5, 0.6) is 17.2 Å². The average molecular weight is 785 g/mol. The number of amides is 1. The predicted octanol–water partition coefficient (Wildman–Crippen LogP) is 7.60. The first-order chi connectivity index (χ1) is 27.2. The molecular formula is C44H60N6O5S. The number of rotatable bonds is 21. The van der Waals surface area contributed by atoms with Crippen molar-refractivity contribution in [1.82, 2.24) is 19.7 Å². The van der Waals surface area contributed by atoms with Gasteiger partial charge < -0.3 is 33.8 Å². The van der Waals surface area contributed by atoms with Crippen molar-refractivity contribution in [3.8, 4) is 34.4 Å². The maximum Gasteiger partial charge on any atom is 0.264 e. The number of carbonyl (C=O) groups is 2. The quantitative estimate of drug-likeness (QED) is 0.0504. The third-order valence-corrected chi connectivity index (χ3v) is 11.0. The fourth-order valence-corrected chi connectivity index (χ4v) is 7.49. The number of fused-ring (bicyclic) bond motifs is 1. The monoisotopic (exact) mass is 784 g/mol. The lowest BCUT2D eigenvalue weighted by Gasteiger charge is -2.35. The molecule has 12 heteroatoms. The number of thioether (sulfide) groups is 1. The van der Waals surface area contributed by atoms with E-state index in [-0.39, 0.29) is 17.5 Å². The van der Waals surface area contributed by atoms with E-state index in [1.165, 1.54) is 34.1 Å². The molecule has 1 aliphatic heterocycles. The molecule has 0 saturated heterocycles. The third-order valence-electron chi connectivity index (χ3n) is 10.3. The summed E-state index contributed by atoms with van der Waals surface area (Å²) in [6.45, 7) is 16.5. The molecule has 0 aliphatic carbocycles. The minimum Gasteiger partial charge on any atom is -0.496 e. The number of nitrogens with zero attached hydrogens (tertiary/aromatic N) is 5. The highest BCUT2D eigenvalue weighted by Gasteiger charge is 2.30. The molecule has 0 fully saturated rings. The smallest absolute Gasteiger partial charge is 0.264 e. The maximum absolute atomic E-state index is 13.3. The average Bonchev–Trinajstić information content (AvgIpc) is 3.48. The van der Waals surface area contributed by atoms with Crippen molar-refractivity contribution < 1.29 is 23.8 Å². The molecule has 1 atom stereocenters. The van der Waals surface area contributed by atoms with Gasteiger partial charge in [-0.25, -0.2) is 0 Å². The van der Waals surface area contributed by atoms with E-state index in [1.807, 2.05) is 26.8 Å². The van der Waals surface area contributed by atoms with Crippen LogP contribution >= 0.6 is 11.8 Å². The van der Waals surface area contributed by atoms with E-state index in [0.29, 0.717) is 18.9 Å². The summed E-state index contributed by atoms with van der Waals surface area (Å²) in [6.07, 6.45) is 10.4. The predicted molar refractivity (Wildman–Crippen MR) is 229 cm³/mol. The first-order valence-corrected chi connectivity index (χ1v) is 20.1. The van der Waals surface area contributed by atoms with E-state index >= 15 is 0 Å². The van der Waals surface area contributed by atoms with Gasteiger partial charge in [0.05, 0.1) is 32.4 Å². The highest BCUT2D eigenvalue weighted by Crippen LogP contribution is 2.38. The highest BCUT2D eigenvalue weighted by atomic mass is 32.2. The zero-order valence-electron chi connectivity index (χ0n) is 34.4. The minimum absolute atomic E-state index is 0.153. The number of nitriles is 1. The topological polar surface area (TPSA) is 121 Å². The van der Waals surface area contributed by atoms with Crippen LogP contribution in [0.25, 0.3) is 11.1 Å². The SMILES string of the molecule is C=N/C=C\SC/C=C(\C#N)C(=O)N1CCc2ccc(OCCCCCCN(CCNC)Cc3c(OC)cc(-c4cn(C)c(C)c4C)cc3OC)cc2C1C.C=O. The number of likely N-dealkylation sites (N-methyl/N-ethyl adjacent to an activating group) is 1. The lowest BCUT2D eigenvalue weighted by atomic mass is 9.92. The Morgan fingerprint density at radius 2 is 1.82 bits per heavy atom. The molecule has 1 aliphatic rings. The van der Waals surface area contributed by atoms with Gasteiger partial charge in [0, 0.05) is 62.6 Å². The largest absolute Gasteiger partial charge is 0.496 e. The molecule has 1 N–H and O–H groups in total. The van der Waals surface area contributed by atoms with E-state index in [9.17, 15) is 10.1 Å². The summed E-state index contributed by atoms with van der Waals surface area (Å²) < 4.78 is 20.3. The van der Waals surface area contributed by atoms with Crippen LogP contribution in [0, 0.1) is 25.2 Å². The summed E-state index contributed by atoms with van der Waals surface area (Å²) in [5.41, 5.74) is 8.31. The number of aryl methyl sites for hydroxylation is 1. The van der Waals surface area contributed by atoms with Gasteiger partial charge in [0.1, 0.15) is 35.7 Å². The second-order valence-corrected chi connectivity index (χ2v) is 14.6. The van der Waals surface area contributed by atoms with Gasteiger partial charge in [0.2, 0.25) is 0 Å². The van der Waals surface area contributed by atoms with Gasteiger partial charge in [-0.2, -0.15) is 5.26 Å². The van der Waals surface area contributed by atoms with Crippen LogP contribution in [0.3, 0.4) is 0 Å². The van der Waals surface area contributed by atoms with Gasteiger partial charge in [-0.05, 0) is 112 Å². The van der Waals surface area contributed by atoms with Crippen LogP contribution in [-0.2, 0) is 29.6 Å². The van der Waals surface area contributed by atoms with Crippen molar-refractivity contribution in [1.29, 1.82) is 5.26 Å². The number of benzene rings is 2. The van der Waals surface area contributed by atoms with Gasteiger partial charge >= 0.3 is 0 Å². The zero-order valence-corrected chi connectivity index (χ0v) is 35.2. The molecule has 1 amide bonds. The van der Waals surface area contributed by atoms with Crippen molar-refractivity contribution in [2.75, 3.05) is 59.8 Å². The Labute approximate surface area is 338 Å². The Morgan fingerprint density at radius 1 is 1.11 bits per heavy atom. The molecule has 0 spiro atoms. The van der Waals surface area contributed by atoms with Crippen molar-refractivity contribution in [2.45, 2.75) is 65.5 Å². The van der Waals surface area contributed by atoms with Crippen LogP contribution in [0.2, 0.25) is 0 Å². The number of aliphatic imine (C=N–C) groups is 1. The molecule has 302 valence electrons. The fourth-order valence-electron chi connectivity index (χ4n) is 6.95.